The molecule has 2 atom stereocenters. The van der Waals surface area contributed by atoms with Gasteiger partial charge in [0.15, 0.2) is 0 Å². The number of rotatable bonds is 5. The van der Waals surface area contributed by atoms with Crippen LogP contribution in [0.2, 0.25) is 0 Å². The zero-order valence-corrected chi connectivity index (χ0v) is 9.93. The molecular weight excluding hydrogens is 202 g/mol. The second-order valence-electron chi connectivity index (χ2n) is 4.73. The molecule has 90 valence electrons. The van der Waals surface area contributed by atoms with E-state index in [1.807, 2.05) is 6.07 Å². The highest BCUT2D eigenvalue weighted by Crippen LogP contribution is 2.15. The molecule has 4 N–H and O–H groups in total. The van der Waals surface area contributed by atoms with Crippen LogP contribution >= 0.6 is 0 Å². The summed E-state index contributed by atoms with van der Waals surface area (Å²) in [6, 6.07) is 6.72. The molecule has 3 heteroatoms. The number of phenolic OH excluding ortho intramolecular Hbond substituents is 1. The molecule has 0 amide bonds. The lowest BCUT2D eigenvalue weighted by Gasteiger charge is -2.20. The van der Waals surface area contributed by atoms with Crippen LogP contribution in [0.4, 0.5) is 0 Å². The molecule has 3 nitrogen and oxygen atoms in total. The van der Waals surface area contributed by atoms with Crippen LogP contribution in [0.25, 0.3) is 0 Å². The van der Waals surface area contributed by atoms with Gasteiger partial charge in [-0.05, 0) is 36.5 Å². The Bertz CT molecular complexity index is 325. The van der Waals surface area contributed by atoms with Crippen LogP contribution in [0.5, 0.6) is 5.75 Å². The largest absolute Gasteiger partial charge is 0.508 e. The van der Waals surface area contributed by atoms with Crippen LogP contribution in [0.15, 0.2) is 24.3 Å². The van der Waals surface area contributed by atoms with E-state index in [0.717, 1.165) is 5.56 Å². The molecule has 1 aromatic rings. The Kier molecular flexibility index (Phi) is 4.77. The fourth-order valence-electron chi connectivity index (χ4n) is 1.75. The number of hydrogen-bond donors (Lipinski definition) is 3. The van der Waals surface area contributed by atoms with Gasteiger partial charge in [0.25, 0.3) is 0 Å². The highest BCUT2D eigenvalue weighted by atomic mass is 16.3. The van der Waals surface area contributed by atoms with Gasteiger partial charge < -0.3 is 15.9 Å². The molecule has 0 aliphatic rings. The van der Waals surface area contributed by atoms with Crippen LogP contribution in [0.1, 0.15) is 25.8 Å². The Morgan fingerprint density at radius 2 is 2.00 bits per heavy atom. The molecule has 0 saturated heterocycles. The maximum atomic E-state index is 9.83. The highest BCUT2D eigenvalue weighted by Gasteiger charge is 2.16. The molecule has 0 aromatic heterocycles. The van der Waals surface area contributed by atoms with Crippen molar-refractivity contribution in [2.75, 3.05) is 0 Å². The molecule has 0 radical (unpaired) electrons. The Hall–Kier alpha value is -1.06. The third-order valence-corrected chi connectivity index (χ3v) is 2.59. The summed E-state index contributed by atoms with van der Waals surface area (Å²) in [5.74, 6) is 0.674. The maximum Gasteiger partial charge on any atom is 0.115 e. The summed E-state index contributed by atoms with van der Waals surface area (Å²) in [6.07, 6.45) is 0.810. The van der Waals surface area contributed by atoms with E-state index in [1.165, 1.54) is 0 Å². The summed E-state index contributed by atoms with van der Waals surface area (Å²) >= 11 is 0. The zero-order chi connectivity index (χ0) is 12.1. The predicted molar refractivity (Wildman–Crippen MR) is 65.2 cm³/mol. The molecule has 0 saturated carbocycles. The summed E-state index contributed by atoms with van der Waals surface area (Å²) in [7, 11) is 0. The van der Waals surface area contributed by atoms with Gasteiger partial charge in [0.05, 0.1) is 6.10 Å². The maximum absolute atomic E-state index is 9.83. The number of hydrogen-bond acceptors (Lipinski definition) is 3. The average Bonchev–Trinajstić information content (AvgIpc) is 2.16. The minimum atomic E-state index is -0.484. The first-order valence-electron chi connectivity index (χ1n) is 5.70. The molecule has 16 heavy (non-hydrogen) atoms. The van der Waals surface area contributed by atoms with Crippen LogP contribution in [-0.2, 0) is 6.42 Å². The lowest BCUT2D eigenvalue weighted by molar-refractivity contribution is 0.120. The Morgan fingerprint density at radius 3 is 2.56 bits per heavy atom. The molecule has 0 heterocycles. The minimum Gasteiger partial charge on any atom is -0.508 e. The van der Waals surface area contributed by atoms with E-state index in [0.29, 0.717) is 18.8 Å². The van der Waals surface area contributed by atoms with Crippen molar-refractivity contribution in [3.63, 3.8) is 0 Å². The smallest absolute Gasteiger partial charge is 0.115 e. The molecule has 0 aliphatic heterocycles. The van der Waals surface area contributed by atoms with Crippen molar-refractivity contribution in [3.8, 4) is 5.75 Å². The number of nitrogens with two attached hydrogens (primary N) is 1. The second kappa shape index (κ2) is 5.87. The van der Waals surface area contributed by atoms with Crippen LogP contribution in [0.3, 0.4) is 0 Å². The summed E-state index contributed by atoms with van der Waals surface area (Å²) in [5.41, 5.74) is 6.87. The van der Waals surface area contributed by atoms with Gasteiger partial charge in [-0.3, -0.25) is 0 Å². The van der Waals surface area contributed by atoms with Gasteiger partial charge in [-0.15, -0.1) is 0 Å². The minimum absolute atomic E-state index is 0.239. The molecule has 0 fully saturated rings. The predicted octanol–water partition coefficient (Wildman–Crippen LogP) is 1.67. The fourth-order valence-corrected chi connectivity index (χ4v) is 1.75. The van der Waals surface area contributed by atoms with E-state index < -0.39 is 6.10 Å². The first kappa shape index (κ1) is 13.0. The van der Waals surface area contributed by atoms with Gasteiger partial charge in [-0.2, -0.15) is 0 Å². The first-order chi connectivity index (χ1) is 7.49. The lowest BCUT2D eigenvalue weighted by Crippen LogP contribution is -2.37. The van der Waals surface area contributed by atoms with Crippen molar-refractivity contribution in [2.24, 2.45) is 11.7 Å². The van der Waals surface area contributed by atoms with Crippen molar-refractivity contribution in [1.82, 2.24) is 0 Å². The molecular formula is C13H21NO2. The van der Waals surface area contributed by atoms with Gasteiger partial charge in [-0.25, -0.2) is 0 Å². The number of aromatic hydroxyl groups is 1. The van der Waals surface area contributed by atoms with Crippen molar-refractivity contribution in [1.29, 1.82) is 0 Å². The Labute approximate surface area is 96.9 Å². The third-order valence-electron chi connectivity index (χ3n) is 2.59. The van der Waals surface area contributed by atoms with E-state index >= 15 is 0 Å². The van der Waals surface area contributed by atoms with Crippen molar-refractivity contribution in [2.45, 2.75) is 38.8 Å². The number of benzene rings is 1. The normalized spacial score (nSPS) is 15.1. The molecule has 2 unspecified atom stereocenters. The summed E-state index contributed by atoms with van der Waals surface area (Å²) in [6.45, 7) is 4.12. The Morgan fingerprint density at radius 1 is 1.31 bits per heavy atom. The molecule has 0 spiro atoms. The molecule has 0 aliphatic carbocycles. The van der Waals surface area contributed by atoms with Gasteiger partial charge >= 0.3 is 0 Å². The second-order valence-corrected chi connectivity index (χ2v) is 4.73. The van der Waals surface area contributed by atoms with E-state index in [9.17, 15) is 10.2 Å². The molecule has 1 rings (SSSR count). The van der Waals surface area contributed by atoms with Crippen LogP contribution in [0, 0.1) is 5.92 Å². The van der Waals surface area contributed by atoms with Crippen molar-refractivity contribution >= 4 is 0 Å². The Balaban J connectivity index is 2.53. The molecule has 1 aromatic carbocycles. The molecule has 0 bridgehead atoms. The number of aliphatic hydroxyl groups is 1. The van der Waals surface area contributed by atoms with Crippen molar-refractivity contribution < 1.29 is 10.2 Å². The summed E-state index contributed by atoms with van der Waals surface area (Å²) in [5, 5.41) is 19.1. The van der Waals surface area contributed by atoms with Gasteiger partial charge in [0, 0.05) is 6.04 Å². The van der Waals surface area contributed by atoms with E-state index in [4.69, 9.17) is 5.73 Å². The van der Waals surface area contributed by atoms with E-state index in [2.05, 4.69) is 13.8 Å². The van der Waals surface area contributed by atoms with Gasteiger partial charge in [-0.1, -0.05) is 26.0 Å². The summed E-state index contributed by atoms with van der Waals surface area (Å²) < 4.78 is 0. The SMILES string of the molecule is CC(C)CC(O)C(N)Cc1cccc(O)c1. The lowest BCUT2D eigenvalue weighted by atomic mass is 9.96. The number of aliphatic hydroxyl groups excluding tert-OH is 1. The monoisotopic (exact) mass is 223 g/mol. The topological polar surface area (TPSA) is 66.5 Å². The van der Waals surface area contributed by atoms with Gasteiger partial charge in [0.2, 0.25) is 0 Å². The van der Waals surface area contributed by atoms with E-state index in [-0.39, 0.29) is 11.8 Å². The quantitative estimate of drug-likeness (QED) is 0.711. The van der Waals surface area contributed by atoms with Crippen LogP contribution < -0.4 is 5.73 Å². The zero-order valence-electron chi connectivity index (χ0n) is 9.93. The van der Waals surface area contributed by atoms with Gasteiger partial charge in [0.1, 0.15) is 5.75 Å². The highest BCUT2D eigenvalue weighted by molar-refractivity contribution is 5.27. The van der Waals surface area contributed by atoms with E-state index in [1.54, 1.807) is 18.2 Å². The van der Waals surface area contributed by atoms with Crippen LogP contribution in [-0.4, -0.2) is 22.4 Å². The summed E-state index contributed by atoms with van der Waals surface area (Å²) in [4.78, 5) is 0. The third kappa shape index (κ3) is 4.21. The van der Waals surface area contributed by atoms with Crippen molar-refractivity contribution in [3.05, 3.63) is 29.8 Å². The first-order valence-corrected chi connectivity index (χ1v) is 5.70. The standard InChI is InChI=1S/C13H21NO2/c1-9(2)6-13(16)12(14)8-10-4-3-5-11(15)7-10/h3-5,7,9,12-13,15-16H,6,8,14H2,1-2H3. The average molecular weight is 223 g/mol. The fraction of sp³-hybridized carbons (Fsp3) is 0.538. The number of phenols is 1.